The van der Waals surface area contributed by atoms with Crippen LogP contribution in [-0.4, -0.2) is 51.5 Å². The third kappa shape index (κ3) is 3.26. The highest BCUT2D eigenvalue weighted by Crippen LogP contribution is 2.30. The fraction of sp³-hybridized carbons (Fsp3) is 0.471. The Balaban J connectivity index is 1.50. The molecule has 4 rings (SSSR count). The Morgan fingerprint density at radius 3 is 2.96 bits per heavy atom. The zero-order valence-electron chi connectivity index (χ0n) is 13.5. The van der Waals surface area contributed by atoms with Gasteiger partial charge in [0.2, 0.25) is 0 Å². The number of carbonyl (C=O) groups is 1. The molecule has 24 heavy (non-hydrogen) atoms. The van der Waals surface area contributed by atoms with Crippen LogP contribution in [0.25, 0.3) is 5.82 Å². The number of nitrogens with one attached hydrogen (secondary N) is 1. The Morgan fingerprint density at radius 2 is 2.25 bits per heavy atom. The van der Waals surface area contributed by atoms with Gasteiger partial charge in [0, 0.05) is 43.7 Å². The lowest BCUT2D eigenvalue weighted by Crippen LogP contribution is -2.40. The summed E-state index contributed by atoms with van der Waals surface area (Å²) in [6.45, 7) is 2.31. The van der Waals surface area contributed by atoms with Crippen LogP contribution in [-0.2, 0) is 4.74 Å². The van der Waals surface area contributed by atoms with Crippen LogP contribution >= 0.6 is 0 Å². The summed E-state index contributed by atoms with van der Waals surface area (Å²) >= 11 is 0. The second-order valence-electron chi connectivity index (χ2n) is 6.37. The first-order valence-corrected chi connectivity index (χ1v) is 8.41. The second-order valence-corrected chi connectivity index (χ2v) is 6.37. The molecule has 2 aromatic rings. The van der Waals surface area contributed by atoms with Crippen molar-refractivity contribution in [1.29, 1.82) is 0 Å². The molecule has 126 valence electrons. The van der Waals surface area contributed by atoms with Gasteiger partial charge in [-0.05, 0) is 37.5 Å². The maximum Gasteiger partial charge on any atom is 0.322 e. The number of hydrogen-bond donors (Lipinski definition) is 1. The zero-order valence-corrected chi connectivity index (χ0v) is 13.5. The zero-order chi connectivity index (χ0) is 16.4. The number of pyridine rings is 1. The summed E-state index contributed by atoms with van der Waals surface area (Å²) in [6.07, 6.45) is 8.40. The molecule has 1 N–H and O–H groups in total. The molecule has 0 spiro atoms. The van der Waals surface area contributed by atoms with E-state index < -0.39 is 0 Å². The second kappa shape index (κ2) is 6.60. The highest BCUT2D eigenvalue weighted by molar-refractivity contribution is 5.91. The van der Waals surface area contributed by atoms with Crippen molar-refractivity contribution in [3.05, 3.63) is 36.8 Å². The molecule has 7 nitrogen and oxygen atoms in total. The van der Waals surface area contributed by atoms with Crippen molar-refractivity contribution in [3.8, 4) is 5.82 Å². The van der Waals surface area contributed by atoms with E-state index >= 15 is 0 Å². The van der Waals surface area contributed by atoms with Crippen molar-refractivity contribution < 1.29 is 9.53 Å². The van der Waals surface area contributed by atoms with Gasteiger partial charge in [-0.2, -0.15) is 5.10 Å². The van der Waals surface area contributed by atoms with E-state index in [0.29, 0.717) is 23.5 Å². The van der Waals surface area contributed by atoms with E-state index in [2.05, 4.69) is 15.4 Å². The van der Waals surface area contributed by atoms with Crippen LogP contribution < -0.4 is 5.32 Å². The molecule has 2 aromatic heterocycles. The van der Waals surface area contributed by atoms with Gasteiger partial charge in [-0.15, -0.1) is 0 Å². The number of urea groups is 1. The van der Waals surface area contributed by atoms with Gasteiger partial charge in [0.15, 0.2) is 5.82 Å². The number of hydrogen-bond acceptors (Lipinski definition) is 4. The van der Waals surface area contributed by atoms with Crippen LogP contribution in [0.2, 0.25) is 0 Å². The fourth-order valence-corrected chi connectivity index (χ4v) is 3.05. The molecule has 2 amide bonds. The summed E-state index contributed by atoms with van der Waals surface area (Å²) in [6, 6.07) is 5.79. The SMILES string of the molecule is O=C(Nc1cccnc1-n1cccn1)N(C[C@@H]1CCOC1)C1CC1. The van der Waals surface area contributed by atoms with Crippen LogP contribution in [0.3, 0.4) is 0 Å². The van der Waals surface area contributed by atoms with Crippen LogP contribution in [0, 0.1) is 5.92 Å². The quantitative estimate of drug-likeness (QED) is 0.914. The third-order valence-corrected chi connectivity index (χ3v) is 4.48. The predicted octanol–water partition coefficient (Wildman–Crippen LogP) is 2.30. The highest BCUT2D eigenvalue weighted by Gasteiger charge is 2.35. The summed E-state index contributed by atoms with van der Waals surface area (Å²) < 4.78 is 7.10. The summed E-state index contributed by atoms with van der Waals surface area (Å²) in [7, 11) is 0. The van der Waals surface area contributed by atoms with E-state index in [4.69, 9.17) is 4.74 Å². The van der Waals surface area contributed by atoms with Gasteiger partial charge in [-0.25, -0.2) is 14.5 Å². The van der Waals surface area contributed by atoms with Gasteiger partial charge < -0.3 is 15.0 Å². The predicted molar refractivity (Wildman–Crippen MR) is 89.0 cm³/mol. The van der Waals surface area contributed by atoms with Crippen LogP contribution in [0.5, 0.6) is 0 Å². The van der Waals surface area contributed by atoms with E-state index in [1.165, 1.54) is 0 Å². The van der Waals surface area contributed by atoms with Crippen molar-refractivity contribution in [2.45, 2.75) is 25.3 Å². The van der Waals surface area contributed by atoms with Crippen molar-refractivity contribution in [3.63, 3.8) is 0 Å². The topological polar surface area (TPSA) is 72.3 Å². The van der Waals surface area contributed by atoms with Gasteiger partial charge in [0.05, 0.1) is 12.3 Å². The molecule has 0 bridgehead atoms. The molecule has 3 heterocycles. The first kappa shape index (κ1) is 15.1. The summed E-state index contributed by atoms with van der Waals surface area (Å²) in [5.41, 5.74) is 0.666. The van der Waals surface area contributed by atoms with Crippen molar-refractivity contribution >= 4 is 11.7 Å². The normalized spacial score (nSPS) is 20.1. The molecule has 2 fully saturated rings. The maximum absolute atomic E-state index is 12.8. The lowest BCUT2D eigenvalue weighted by molar-refractivity contribution is 0.167. The smallest absolute Gasteiger partial charge is 0.322 e. The van der Waals surface area contributed by atoms with Crippen LogP contribution in [0.1, 0.15) is 19.3 Å². The average Bonchev–Trinajstić information content (AvgIpc) is 3.08. The largest absolute Gasteiger partial charge is 0.381 e. The van der Waals surface area contributed by atoms with E-state index in [1.54, 1.807) is 17.1 Å². The molecular formula is C17H21N5O2. The molecule has 0 radical (unpaired) electrons. The lowest BCUT2D eigenvalue weighted by Gasteiger charge is -2.25. The summed E-state index contributed by atoms with van der Waals surface area (Å²) in [5.74, 6) is 1.06. The minimum Gasteiger partial charge on any atom is -0.381 e. The Morgan fingerprint density at radius 1 is 1.33 bits per heavy atom. The molecule has 2 aliphatic rings. The Hall–Kier alpha value is -2.41. The number of rotatable bonds is 5. The van der Waals surface area contributed by atoms with E-state index in [1.807, 2.05) is 29.3 Å². The molecule has 1 saturated heterocycles. The minimum atomic E-state index is -0.0641. The molecule has 0 unspecified atom stereocenters. The molecule has 0 aromatic carbocycles. The minimum absolute atomic E-state index is 0.0641. The molecule has 7 heteroatoms. The van der Waals surface area contributed by atoms with Crippen molar-refractivity contribution in [1.82, 2.24) is 19.7 Å². The number of nitrogens with zero attached hydrogens (tertiary/aromatic N) is 4. The van der Waals surface area contributed by atoms with E-state index in [9.17, 15) is 4.79 Å². The lowest BCUT2D eigenvalue weighted by atomic mass is 10.1. The first-order valence-electron chi connectivity index (χ1n) is 8.41. The summed E-state index contributed by atoms with van der Waals surface area (Å²) in [5, 5.41) is 7.22. The number of aromatic nitrogens is 3. The molecule has 1 aliphatic carbocycles. The van der Waals surface area contributed by atoms with Gasteiger partial charge >= 0.3 is 6.03 Å². The number of anilines is 1. The number of ether oxygens (including phenoxy) is 1. The monoisotopic (exact) mass is 327 g/mol. The van der Waals surface area contributed by atoms with E-state index in [-0.39, 0.29) is 6.03 Å². The standard InChI is InChI=1S/C17H21N5O2/c23-17(21(14-4-5-14)11-13-6-10-24-12-13)20-15-3-1-7-18-16(15)22-9-2-8-19-22/h1-3,7-9,13-14H,4-6,10-12H2,(H,20,23)/t13-/m0/s1. The van der Waals surface area contributed by atoms with Crippen LogP contribution in [0.4, 0.5) is 10.5 Å². The van der Waals surface area contributed by atoms with E-state index in [0.717, 1.165) is 39.0 Å². The summed E-state index contributed by atoms with van der Waals surface area (Å²) in [4.78, 5) is 19.1. The van der Waals surface area contributed by atoms with Crippen molar-refractivity contribution in [2.75, 3.05) is 25.1 Å². The Labute approximate surface area is 140 Å². The third-order valence-electron chi connectivity index (χ3n) is 4.48. The van der Waals surface area contributed by atoms with Gasteiger partial charge in [0.1, 0.15) is 0 Å². The number of amides is 2. The Bertz CT molecular complexity index is 693. The van der Waals surface area contributed by atoms with Gasteiger partial charge in [-0.3, -0.25) is 0 Å². The first-order chi connectivity index (χ1) is 11.8. The molecular weight excluding hydrogens is 306 g/mol. The highest BCUT2D eigenvalue weighted by atomic mass is 16.5. The fourth-order valence-electron chi connectivity index (χ4n) is 3.05. The Kier molecular flexibility index (Phi) is 4.17. The van der Waals surface area contributed by atoms with Gasteiger partial charge in [-0.1, -0.05) is 0 Å². The average molecular weight is 327 g/mol. The molecule has 1 saturated carbocycles. The van der Waals surface area contributed by atoms with Crippen LogP contribution in [0.15, 0.2) is 36.8 Å². The number of carbonyl (C=O) groups excluding carboxylic acids is 1. The maximum atomic E-state index is 12.8. The molecule has 1 aliphatic heterocycles. The van der Waals surface area contributed by atoms with Crippen molar-refractivity contribution in [2.24, 2.45) is 5.92 Å². The molecule has 1 atom stereocenters. The van der Waals surface area contributed by atoms with Gasteiger partial charge in [0.25, 0.3) is 0 Å².